The summed E-state index contributed by atoms with van der Waals surface area (Å²) in [6, 6.07) is 0.318. The van der Waals surface area contributed by atoms with Gasteiger partial charge in [-0.2, -0.15) is 0 Å². The Bertz CT molecular complexity index is 248. The molecule has 1 saturated carbocycles. The Labute approximate surface area is 97.8 Å². The van der Waals surface area contributed by atoms with Gasteiger partial charge >= 0.3 is 5.97 Å². The zero-order valence-corrected chi connectivity index (χ0v) is 10.2. The maximum Gasteiger partial charge on any atom is 0.308 e. The predicted octanol–water partition coefficient (Wildman–Crippen LogP) is 2.36. The number of rotatable bonds is 3. The van der Waals surface area contributed by atoms with Crippen molar-refractivity contribution in [1.82, 2.24) is 4.90 Å². The molecule has 2 rings (SSSR count). The molecule has 0 amide bonds. The third kappa shape index (κ3) is 2.40. The highest BCUT2D eigenvalue weighted by Crippen LogP contribution is 2.35. The highest BCUT2D eigenvalue weighted by molar-refractivity contribution is 5.71. The lowest BCUT2D eigenvalue weighted by Crippen LogP contribution is -2.46. The van der Waals surface area contributed by atoms with Crippen molar-refractivity contribution in [2.75, 3.05) is 13.1 Å². The molecule has 1 N–H and O–H groups in total. The van der Waals surface area contributed by atoms with Crippen molar-refractivity contribution in [3.8, 4) is 0 Å². The van der Waals surface area contributed by atoms with Crippen LogP contribution in [0.1, 0.15) is 45.4 Å². The summed E-state index contributed by atoms with van der Waals surface area (Å²) in [5.74, 6) is 0.0635. The highest BCUT2D eigenvalue weighted by atomic mass is 16.4. The van der Waals surface area contributed by atoms with Crippen molar-refractivity contribution in [1.29, 1.82) is 0 Å². The predicted molar refractivity (Wildman–Crippen MR) is 63.4 cm³/mol. The van der Waals surface area contributed by atoms with Crippen molar-refractivity contribution in [3.05, 3.63) is 0 Å². The van der Waals surface area contributed by atoms with Gasteiger partial charge in [0.1, 0.15) is 0 Å². The number of carboxylic acids is 1. The minimum absolute atomic E-state index is 0.110. The third-order valence-electron chi connectivity index (χ3n) is 4.43. The second kappa shape index (κ2) is 5.17. The van der Waals surface area contributed by atoms with Crippen molar-refractivity contribution < 1.29 is 9.90 Å². The molecule has 1 aliphatic heterocycles. The maximum absolute atomic E-state index is 11.3. The molecule has 0 spiro atoms. The Balaban J connectivity index is 2.04. The molecule has 1 heterocycles. The summed E-state index contributed by atoms with van der Waals surface area (Å²) in [5.41, 5.74) is 0. The van der Waals surface area contributed by atoms with Crippen LogP contribution in [0.2, 0.25) is 0 Å². The molecule has 2 fully saturated rings. The van der Waals surface area contributed by atoms with E-state index in [1.807, 2.05) is 0 Å². The Morgan fingerprint density at radius 2 is 2.00 bits per heavy atom. The van der Waals surface area contributed by atoms with Gasteiger partial charge in [0, 0.05) is 6.04 Å². The molecular weight excluding hydrogens is 202 g/mol. The summed E-state index contributed by atoms with van der Waals surface area (Å²) >= 11 is 0. The fourth-order valence-electron chi connectivity index (χ4n) is 3.37. The lowest BCUT2D eigenvalue weighted by Gasteiger charge is -2.39. The molecule has 92 valence electrons. The molecule has 3 unspecified atom stereocenters. The first-order chi connectivity index (χ1) is 7.72. The molecule has 0 bridgehead atoms. The van der Waals surface area contributed by atoms with Crippen LogP contribution in [0.15, 0.2) is 0 Å². The van der Waals surface area contributed by atoms with Crippen LogP contribution in [0, 0.1) is 11.8 Å². The summed E-state index contributed by atoms with van der Waals surface area (Å²) in [6.45, 7) is 4.46. The van der Waals surface area contributed by atoms with E-state index in [-0.39, 0.29) is 5.92 Å². The van der Waals surface area contributed by atoms with Crippen LogP contribution < -0.4 is 0 Å². The van der Waals surface area contributed by atoms with Crippen LogP contribution >= 0.6 is 0 Å². The Kier molecular flexibility index (Phi) is 3.85. The van der Waals surface area contributed by atoms with E-state index in [2.05, 4.69) is 11.8 Å². The molecule has 1 saturated heterocycles. The van der Waals surface area contributed by atoms with Gasteiger partial charge in [0.25, 0.3) is 0 Å². The normalized spacial score (nSPS) is 36.4. The average molecular weight is 225 g/mol. The van der Waals surface area contributed by atoms with E-state index >= 15 is 0 Å². The van der Waals surface area contributed by atoms with Gasteiger partial charge in [0.05, 0.1) is 5.92 Å². The third-order valence-corrected chi connectivity index (χ3v) is 4.43. The van der Waals surface area contributed by atoms with E-state index in [0.29, 0.717) is 6.04 Å². The lowest BCUT2D eigenvalue weighted by molar-refractivity contribution is -0.146. The van der Waals surface area contributed by atoms with Gasteiger partial charge in [-0.3, -0.25) is 9.69 Å². The van der Waals surface area contributed by atoms with Gasteiger partial charge in [0.15, 0.2) is 0 Å². The summed E-state index contributed by atoms with van der Waals surface area (Å²) < 4.78 is 0. The molecule has 0 aromatic rings. The van der Waals surface area contributed by atoms with Crippen LogP contribution in [0.3, 0.4) is 0 Å². The molecule has 3 nitrogen and oxygen atoms in total. The van der Waals surface area contributed by atoms with Gasteiger partial charge in [-0.25, -0.2) is 0 Å². The number of aliphatic carboxylic acids is 1. The second-order valence-electron chi connectivity index (χ2n) is 5.34. The van der Waals surface area contributed by atoms with Gasteiger partial charge < -0.3 is 5.11 Å². The first kappa shape index (κ1) is 11.9. The monoisotopic (exact) mass is 225 g/mol. The van der Waals surface area contributed by atoms with Crippen LogP contribution in [0.4, 0.5) is 0 Å². The summed E-state index contributed by atoms with van der Waals surface area (Å²) in [6.07, 6.45) is 6.80. The lowest BCUT2D eigenvalue weighted by atomic mass is 9.76. The molecular formula is C13H23NO2. The van der Waals surface area contributed by atoms with Gasteiger partial charge in [-0.1, -0.05) is 13.3 Å². The van der Waals surface area contributed by atoms with E-state index in [1.165, 1.54) is 19.3 Å². The highest BCUT2D eigenvalue weighted by Gasteiger charge is 2.38. The topological polar surface area (TPSA) is 40.5 Å². The zero-order valence-electron chi connectivity index (χ0n) is 10.2. The van der Waals surface area contributed by atoms with Crippen LogP contribution in [-0.4, -0.2) is 35.1 Å². The SMILES string of the molecule is CCC1CCC(C(=O)O)C(N2CCCC2)C1. The van der Waals surface area contributed by atoms with Crippen molar-refractivity contribution in [3.63, 3.8) is 0 Å². The molecule has 3 atom stereocenters. The molecule has 0 radical (unpaired) electrons. The fourth-order valence-corrected chi connectivity index (χ4v) is 3.37. The summed E-state index contributed by atoms with van der Waals surface area (Å²) in [5, 5.41) is 9.30. The molecule has 0 aromatic heterocycles. The minimum atomic E-state index is -0.577. The Morgan fingerprint density at radius 1 is 1.31 bits per heavy atom. The number of hydrogen-bond acceptors (Lipinski definition) is 2. The number of carboxylic acid groups (broad SMARTS) is 1. The second-order valence-corrected chi connectivity index (χ2v) is 5.34. The van der Waals surface area contributed by atoms with Gasteiger partial charge in [0.2, 0.25) is 0 Å². The van der Waals surface area contributed by atoms with Crippen molar-refractivity contribution >= 4 is 5.97 Å². The largest absolute Gasteiger partial charge is 0.481 e. The Morgan fingerprint density at radius 3 is 2.56 bits per heavy atom. The number of likely N-dealkylation sites (tertiary alicyclic amines) is 1. The maximum atomic E-state index is 11.3. The van der Waals surface area contributed by atoms with E-state index in [0.717, 1.165) is 38.3 Å². The molecule has 3 heteroatoms. The standard InChI is InChI=1S/C13H23NO2/c1-2-10-5-6-11(13(15)16)12(9-10)14-7-3-4-8-14/h10-12H,2-9H2,1H3,(H,15,16). The number of hydrogen-bond donors (Lipinski definition) is 1. The number of nitrogens with zero attached hydrogens (tertiary/aromatic N) is 1. The quantitative estimate of drug-likeness (QED) is 0.801. The van der Waals surface area contributed by atoms with E-state index in [9.17, 15) is 9.90 Å². The van der Waals surface area contributed by atoms with Crippen LogP contribution in [0.25, 0.3) is 0 Å². The number of carbonyl (C=O) groups is 1. The first-order valence-corrected chi connectivity index (χ1v) is 6.69. The zero-order chi connectivity index (χ0) is 11.5. The van der Waals surface area contributed by atoms with E-state index in [1.54, 1.807) is 0 Å². The summed E-state index contributed by atoms with van der Waals surface area (Å²) in [7, 11) is 0. The fraction of sp³-hybridized carbons (Fsp3) is 0.923. The van der Waals surface area contributed by atoms with Crippen molar-refractivity contribution in [2.24, 2.45) is 11.8 Å². The van der Waals surface area contributed by atoms with Crippen LogP contribution in [0.5, 0.6) is 0 Å². The first-order valence-electron chi connectivity index (χ1n) is 6.69. The smallest absolute Gasteiger partial charge is 0.308 e. The van der Waals surface area contributed by atoms with Gasteiger partial charge in [-0.05, 0) is 51.1 Å². The summed E-state index contributed by atoms with van der Waals surface area (Å²) in [4.78, 5) is 13.7. The van der Waals surface area contributed by atoms with Crippen molar-refractivity contribution in [2.45, 2.75) is 51.5 Å². The molecule has 2 aliphatic rings. The van der Waals surface area contributed by atoms with E-state index < -0.39 is 5.97 Å². The molecule has 16 heavy (non-hydrogen) atoms. The molecule has 0 aromatic carbocycles. The van der Waals surface area contributed by atoms with E-state index in [4.69, 9.17) is 0 Å². The average Bonchev–Trinajstić information content (AvgIpc) is 2.81. The van der Waals surface area contributed by atoms with Crippen LogP contribution in [-0.2, 0) is 4.79 Å². The molecule has 1 aliphatic carbocycles. The Hall–Kier alpha value is -0.570. The van der Waals surface area contributed by atoms with Gasteiger partial charge in [-0.15, -0.1) is 0 Å². The minimum Gasteiger partial charge on any atom is -0.481 e.